The Morgan fingerprint density at radius 2 is 1.30 bits per heavy atom. The predicted molar refractivity (Wildman–Crippen MR) is 98.4 cm³/mol. The Kier molecular flexibility index (Phi) is 5.74. The Hall–Kier alpha value is -3.31. The van der Waals surface area contributed by atoms with Crippen LogP contribution in [0, 0.1) is 5.82 Å². The van der Waals surface area contributed by atoms with Gasteiger partial charge in [0.25, 0.3) is 0 Å². The maximum absolute atomic E-state index is 13.0. The molecule has 0 heterocycles. The number of methoxy groups -OCH3 is 1. The number of benzene rings is 3. The molecule has 5 heteroatoms. The molecule has 0 saturated heterocycles. The lowest BCUT2D eigenvalue weighted by atomic mass is 10.0. The zero-order chi connectivity index (χ0) is 19.2. The zero-order valence-electron chi connectivity index (χ0n) is 14.6. The van der Waals surface area contributed by atoms with Gasteiger partial charge in [0.2, 0.25) is 0 Å². The largest absolute Gasteiger partial charge is 0.423 e. The number of hydrogen-bond acceptors (Lipinski definition) is 4. The standard InChI is InChI=1S/C22H17FO4/c1-26-14-15-2-4-18(5-3-15)22(25)27-20-12-8-17(9-13-20)21(24)16-6-10-19(23)11-7-16/h2-13H,14H2,1H3. The molecule has 0 atom stereocenters. The van der Waals surface area contributed by atoms with E-state index < -0.39 is 11.8 Å². The smallest absolute Gasteiger partial charge is 0.343 e. The Balaban J connectivity index is 1.67. The van der Waals surface area contributed by atoms with Crippen LogP contribution in [-0.2, 0) is 11.3 Å². The van der Waals surface area contributed by atoms with E-state index in [2.05, 4.69) is 0 Å². The molecule has 136 valence electrons. The molecule has 3 aromatic rings. The number of ketones is 1. The molecular formula is C22H17FO4. The van der Waals surface area contributed by atoms with Crippen molar-refractivity contribution in [2.24, 2.45) is 0 Å². The average Bonchev–Trinajstić information content (AvgIpc) is 2.69. The van der Waals surface area contributed by atoms with Crippen LogP contribution in [0.4, 0.5) is 4.39 Å². The molecule has 0 aliphatic carbocycles. The van der Waals surface area contributed by atoms with Crippen LogP contribution in [0.15, 0.2) is 72.8 Å². The molecule has 3 rings (SSSR count). The highest BCUT2D eigenvalue weighted by Crippen LogP contribution is 2.17. The fourth-order valence-corrected chi connectivity index (χ4v) is 2.51. The minimum absolute atomic E-state index is 0.235. The summed E-state index contributed by atoms with van der Waals surface area (Å²) in [5.41, 5.74) is 2.18. The second-order valence-corrected chi connectivity index (χ2v) is 5.88. The molecular weight excluding hydrogens is 347 g/mol. The summed E-state index contributed by atoms with van der Waals surface area (Å²) < 4.78 is 23.3. The van der Waals surface area contributed by atoms with E-state index in [0.29, 0.717) is 29.0 Å². The van der Waals surface area contributed by atoms with Crippen molar-refractivity contribution in [3.8, 4) is 5.75 Å². The summed E-state index contributed by atoms with van der Waals surface area (Å²) in [5.74, 6) is -0.793. The van der Waals surface area contributed by atoms with Crippen LogP contribution in [-0.4, -0.2) is 18.9 Å². The second kappa shape index (κ2) is 8.38. The van der Waals surface area contributed by atoms with E-state index in [4.69, 9.17) is 9.47 Å². The molecule has 0 aliphatic heterocycles. The van der Waals surface area contributed by atoms with Gasteiger partial charge in [-0.3, -0.25) is 4.79 Å². The van der Waals surface area contributed by atoms with Crippen LogP contribution in [0.1, 0.15) is 31.8 Å². The van der Waals surface area contributed by atoms with Gasteiger partial charge in [-0.2, -0.15) is 0 Å². The van der Waals surface area contributed by atoms with Crippen LogP contribution in [0.25, 0.3) is 0 Å². The van der Waals surface area contributed by atoms with E-state index in [1.54, 1.807) is 55.6 Å². The van der Waals surface area contributed by atoms with Gasteiger partial charge in [0.15, 0.2) is 5.78 Å². The van der Waals surface area contributed by atoms with Gasteiger partial charge in [0.05, 0.1) is 12.2 Å². The molecule has 0 saturated carbocycles. The molecule has 4 nitrogen and oxygen atoms in total. The first-order chi connectivity index (χ1) is 13.1. The van der Waals surface area contributed by atoms with Crippen LogP contribution >= 0.6 is 0 Å². The molecule has 0 N–H and O–H groups in total. The lowest BCUT2D eigenvalue weighted by molar-refractivity contribution is 0.0734. The van der Waals surface area contributed by atoms with Crippen LogP contribution in [0.5, 0.6) is 5.75 Å². The topological polar surface area (TPSA) is 52.6 Å². The minimum atomic E-state index is -0.489. The molecule has 0 amide bonds. The second-order valence-electron chi connectivity index (χ2n) is 5.88. The van der Waals surface area contributed by atoms with E-state index in [0.717, 1.165) is 5.56 Å². The van der Waals surface area contributed by atoms with Crippen molar-refractivity contribution < 1.29 is 23.5 Å². The van der Waals surface area contributed by atoms with Crippen LogP contribution in [0.2, 0.25) is 0 Å². The monoisotopic (exact) mass is 364 g/mol. The zero-order valence-corrected chi connectivity index (χ0v) is 14.6. The number of esters is 1. The van der Waals surface area contributed by atoms with Crippen molar-refractivity contribution in [3.63, 3.8) is 0 Å². The van der Waals surface area contributed by atoms with Gasteiger partial charge in [0, 0.05) is 18.2 Å². The minimum Gasteiger partial charge on any atom is -0.423 e. The molecule has 0 fully saturated rings. The molecule has 27 heavy (non-hydrogen) atoms. The third kappa shape index (κ3) is 4.65. The SMILES string of the molecule is COCc1ccc(C(=O)Oc2ccc(C(=O)c3ccc(F)cc3)cc2)cc1. The van der Waals surface area contributed by atoms with Crippen molar-refractivity contribution in [2.75, 3.05) is 7.11 Å². The lowest BCUT2D eigenvalue weighted by Gasteiger charge is -2.07. The number of halogens is 1. The Morgan fingerprint density at radius 3 is 1.85 bits per heavy atom. The summed E-state index contributed by atoms with van der Waals surface area (Å²) in [6.07, 6.45) is 0. The third-order valence-electron chi connectivity index (χ3n) is 3.93. The van der Waals surface area contributed by atoms with Crippen molar-refractivity contribution in [2.45, 2.75) is 6.61 Å². The normalized spacial score (nSPS) is 10.4. The van der Waals surface area contributed by atoms with E-state index in [9.17, 15) is 14.0 Å². The van der Waals surface area contributed by atoms with Gasteiger partial charge in [-0.1, -0.05) is 12.1 Å². The molecule has 0 spiro atoms. The van der Waals surface area contributed by atoms with E-state index in [1.807, 2.05) is 0 Å². The number of carbonyl (C=O) groups is 2. The van der Waals surface area contributed by atoms with E-state index in [-0.39, 0.29) is 5.78 Å². The number of hydrogen-bond donors (Lipinski definition) is 0. The van der Waals surface area contributed by atoms with E-state index >= 15 is 0 Å². The predicted octanol–water partition coefficient (Wildman–Crippen LogP) is 4.42. The van der Waals surface area contributed by atoms with Crippen molar-refractivity contribution in [1.29, 1.82) is 0 Å². The molecule has 0 radical (unpaired) electrons. The first-order valence-corrected chi connectivity index (χ1v) is 8.27. The molecule has 0 bridgehead atoms. The fraction of sp³-hybridized carbons (Fsp3) is 0.0909. The third-order valence-corrected chi connectivity index (χ3v) is 3.93. The highest BCUT2D eigenvalue weighted by molar-refractivity contribution is 6.09. The van der Waals surface area contributed by atoms with Gasteiger partial charge in [-0.15, -0.1) is 0 Å². The number of carbonyl (C=O) groups excluding carboxylic acids is 2. The summed E-state index contributed by atoms with van der Waals surface area (Å²) >= 11 is 0. The maximum atomic E-state index is 13.0. The van der Waals surface area contributed by atoms with Crippen LogP contribution in [0.3, 0.4) is 0 Å². The summed E-state index contributed by atoms with van der Waals surface area (Å²) in [5, 5.41) is 0. The van der Waals surface area contributed by atoms with Crippen molar-refractivity contribution in [3.05, 3.63) is 101 Å². The van der Waals surface area contributed by atoms with Crippen molar-refractivity contribution >= 4 is 11.8 Å². The van der Waals surface area contributed by atoms with Crippen molar-refractivity contribution in [1.82, 2.24) is 0 Å². The Bertz CT molecular complexity index is 930. The number of rotatable bonds is 6. The molecule has 0 aromatic heterocycles. The van der Waals surface area contributed by atoms with E-state index in [1.165, 1.54) is 24.3 Å². The van der Waals surface area contributed by atoms with Gasteiger partial charge in [-0.25, -0.2) is 9.18 Å². The quantitative estimate of drug-likeness (QED) is 0.369. The molecule has 0 aliphatic rings. The van der Waals surface area contributed by atoms with Crippen LogP contribution < -0.4 is 4.74 Å². The highest BCUT2D eigenvalue weighted by Gasteiger charge is 2.12. The average molecular weight is 364 g/mol. The Morgan fingerprint density at radius 1 is 0.778 bits per heavy atom. The molecule has 3 aromatic carbocycles. The Labute approximate surface area is 156 Å². The summed E-state index contributed by atoms with van der Waals surface area (Å²) in [6.45, 7) is 0.471. The fourth-order valence-electron chi connectivity index (χ4n) is 2.51. The maximum Gasteiger partial charge on any atom is 0.343 e. The van der Waals surface area contributed by atoms with Gasteiger partial charge < -0.3 is 9.47 Å². The summed E-state index contributed by atoms with van der Waals surface area (Å²) in [4.78, 5) is 24.6. The number of ether oxygens (including phenoxy) is 2. The molecule has 0 unspecified atom stereocenters. The summed E-state index contributed by atoms with van der Waals surface area (Å²) in [6, 6.07) is 18.5. The van der Waals surface area contributed by atoms with Gasteiger partial charge in [-0.05, 0) is 66.2 Å². The first kappa shape index (κ1) is 18.5. The summed E-state index contributed by atoms with van der Waals surface area (Å²) in [7, 11) is 1.60. The highest BCUT2D eigenvalue weighted by atomic mass is 19.1. The first-order valence-electron chi connectivity index (χ1n) is 8.27. The van der Waals surface area contributed by atoms with Gasteiger partial charge >= 0.3 is 5.97 Å². The lowest BCUT2D eigenvalue weighted by Crippen LogP contribution is -2.09. The van der Waals surface area contributed by atoms with Gasteiger partial charge in [0.1, 0.15) is 11.6 Å².